The Balaban J connectivity index is 0.000000150. The number of hydrogen-bond donors (Lipinski definition) is 0. The van der Waals surface area contributed by atoms with Crippen molar-refractivity contribution < 1.29 is 9.13 Å². The highest BCUT2D eigenvalue weighted by Gasteiger charge is 2.22. The fraction of sp³-hybridized carbons (Fsp3) is 0.211. The summed E-state index contributed by atoms with van der Waals surface area (Å²) < 4.78 is 8.97. The molecule has 0 aliphatic rings. The maximum atomic E-state index is 2.31. The van der Waals surface area contributed by atoms with Crippen LogP contribution in [0.25, 0.3) is 44.4 Å². The Hall–Kier alpha value is -4.70. The quantitative estimate of drug-likeness (QED) is 0.153. The number of pyridine rings is 1. The predicted octanol–water partition coefficient (Wildman–Crippen LogP) is 7.89. The lowest BCUT2D eigenvalue weighted by Crippen LogP contribution is -2.29. The average Bonchev–Trinajstić information content (AvgIpc) is 3.56. The molecule has 7 aromatic rings. The highest BCUT2D eigenvalue weighted by atomic mass is 15.1. The molecule has 4 aromatic carbocycles. The maximum absolute atomic E-state index is 2.31. The molecule has 7 rings (SSSR count). The number of rotatable bonds is 2. The molecule has 0 radical (unpaired) electrons. The van der Waals surface area contributed by atoms with Crippen LogP contribution in [0.15, 0.2) is 97.6 Å². The first-order valence-electron chi connectivity index (χ1n) is 14.7. The van der Waals surface area contributed by atoms with Crippen LogP contribution in [0.5, 0.6) is 0 Å². The van der Waals surface area contributed by atoms with E-state index in [1.54, 1.807) is 0 Å². The molecular weight excluding hydrogens is 512 g/mol. The summed E-state index contributed by atoms with van der Waals surface area (Å²) in [6.07, 6.45) is 8.54. The molecule has 0 unspecified atom stereocenters. The van der Waals surface area contributed by atoms with Crippen LogP contribution >= 0.6 is 0 Å². The van der Waals surface area contributed by atoms with E-state index in [1.807, 2.05) is 0 Å². The summed E-state index contributed by atoms with van der Waals surface area (Å²) in [4.78, 5) is 0. The summed E-state index contributed by atoms with van der Waals surface area (Å²) in [6, 6.07) is 26.0. The third-order valence-electron chi connectivity index (χ3n) is 8.79. The number of benzene rings is 4. The van der Waals surface area contributed by atoms with Gasteiger partial charge in [0.15, 0.2) is 0 Å². The van der Waals surface area contributed by atoms with E-state index in [2.05, 4.69) is 171 Å². The molecule has 42 heavy (non-hydrogen) atoms. The zero-order valence-corrected chi connectivity index (χ0v) is 26.0. The van der Waals surface area contributed by atoms with Gasteiger partial charge in [-0.3, -0.25) is 0 Å². The van der Waals surface area contributed by atoms with Crippen molar-refractivity contribution >= 4 is 27.3 Å². The molecule has 0 saturated heterocycles. The normalized spacial score (nSPS) is 11.3. The molecule has 0 bridgehead atoms. The summed E-state index contributed by atoms with van der Waals surface area (Å²) >= 11 is 0. The summed E-state index contributed by atoms with van der Waals surface area (Å²) in [5.74, 6) is 1.21. The second-order valence-corrected chi connectivity index (χ2v) is 11.7. The molecule has 210 valence electrons. The second-order valence-electron chi connectivity index (χ2n) is 11.7. The van der Waals surface area contributed by atoms with Gasteiger partial charge in [0.2, 0.25) is 0 Å². The topological polar surface area (TPSA) is 17.1 Å². The Kier molecular flexibility index (Phi) is 6.94. The van der Waals surface area contributed by atoms with E-state index in [9.17, 15) is 0 Å². The van der Waals surface area contributed by atoms with Crippen molar-refractivity contribution in [2.24, 2.45) is 14.1 Å². The number of aryl methyl sites for hydroxylation is 7. The van der Waals surface area contributed by atoms with Crippen molar-refractivity contribution in [3.8, 4) is 17.1 Å². The Bertz CT molecular complexity index is 2110. The van der Waals surface area contributed by atoms with E-state index in [0.29, 0.717) is 0 Å². The van der Waals surface area contributed by atoms with Gasteiger partial charge in [0.25, 0.3) is 11.5 Å². The van der Waals surface area contributed by atoms with Crippen LogP contribution in [0.2, 0.25) is 0 Å². The molecule has 0 saturated carbocycles. The first kappa shape index (κ1) is 27.5. The van der Waals surface area contributed by atoms with Crippen LogP contribution in [0.4, 0.5) is 0 Å². The van der Waals surface area contributed by atoms with E-state index >= 15 is 0 Å². The summed E-state index contributed by atoms with van der Waals surface area (Å²) in [5.41, 5.74) is 13.1. The molecule has 4 heteroatoms. The van der Waals surface area contributed by atoms with Gasteiger partial charge in [-0.1, -0.05) is 48.5 Å². The van der Waals surface area contributed by atoms with Crippen LogP contribution < -0.4 is 9.13 Å². The van der Waals surface area contributed by atoms with Crippen LogP contribution in [0.1, 0.15) is 33.4 Å². The van der Waals surface area contributed by atoms with Gasteiger partial charge in [0, 0.05) is 10.8 Å². The zero-order chi connectivity index (χ0) is 29.7. The maximum Gasteiger partial charge on any atom is 0.294 e. The van der Waals surface area contributed by atoms with Crippen LogP contribution in [-0.2, 0) is 14.1 Å². The van der Waals surface area contributed by atoms with Gasteiger partial charge in [0.1, 0.15) is 36.0 Å². The van der Waals surface area contributed by atoms with Gasteiger partial charge in [-0.15, -0.1) is 0 Å². The van der Waals surface area contributed by atoms with Crippen molar-refractivity contribution in [1.29, 1.82) is 0 Å². The van der Waals surface area contributed by atoms with Crippen LogP contribution in [0.3, 0.4) is 0 Å². The highest BCUT2D eigenvalue weighted by Crippen LogP contribution is 2.34. The van der Waals surface area contributed by atoms with Gasteiger partial charge in [0.05, 0.1) is 25.0 Å². The van der Waals surface area contributed by atoms with Crippen LogP contribution in [-0.4, -0.2) is 8.97 Å². The Morgan fingerprint density at radius 1 is 0.595 bits per heavy atom. The van der Waals surface area contributed by atoms with E-state index in [0.717, 1.165) is 0 Å². The predicted molar refractivity (Wildman–Crippen MR) is 174 cm³/mol. The van der Waals surface area contributed by atoms with Gasteiger partial charge < -0.3 is 0 Å². The highest BCUT2D eigenvalue weighted by molar-refractivity contribution is 6.14. The second kappa shape index (κ2) is 10.6. The molecule has 3 heterocycles. The molecule has 0 atom stereocenters. The Morgan fingerprint density at radius 3 is 2.02 bits per heavy atom. The number of para-hydroxylation sites is 2. The first-order chi connectivity index (χ1) is 20.2. The molecule has 0 fully saturated rings. The lowest BCUT2D eigenvalue weighted by Gasteiger charge is -2.12. The molecule has 0 aliphatic carbocycles. The smallest absolute Gasteiger partial charge is 0.232 e. The third kappa shape index (κ3) is 4.48. The molecule has 0 aliphatic heterocycles. The summed E-state index contributed by atoms with van der Waals surface area (Å²) in [5, 5.41) is 4.09. The Morgan fingerprint density at radius 2 is 1.26 bits per heavy atom. The minimum Gasteiger partial charge on any atom is -0.232 e. The van der Waals surface area contributed by atoms with E-state index < -0.39 is 0 Å². The lowest BCUT2D eigenvalue weighted by molar-refractivity contribution is -0.659. The first-order valence-corrected chi connectivity index (χ1v) is 14.7. The lowest BCUT2D eigenvalue weighted by atomic mass is 9.94. The monoisotopic (exact) mass is 552 g/mol. The molecular formula is C38H40N4+2. The minimum absolute atomic E-state index is 1.19. The van der Waals surface area contributed by atoms with E-state index in [-0.39, 0.29) is 0 Å². The minimum atomic E-state index is 1.19. The van der Waals surface area contributed by atoms with Gasteiger partial charge in [-0.25, -0.2) is 9.13 Å². The van der Waals surface area contributed by atoms with Gasteiger partial charge in [-0.2, -0.15) is 8.97 Å². The molecule has 3 aromatic heterocycles. The molecule has 0 amide bonds. The summed E-state index contributed by atoms with van der Waals surface area (Å²) in [7, 11) is 4.23. The van der Waals surface area contributed by atoms with Gasteiger partial charge in [-0.05, 0) is 99.2 Å². The fourth-order valence-electron chi connectivity index (χ4n) is 6.44. The van der Waals surface area contributed by atoms with Crippen molar-refractivity contribution in [2.75, 3.05) is 0 Å². The fourth-order valence-corrected chi connectivity index (χ4v) is 6.44. The van der Waals surface area contributed by atoms with Crippen molar-refractivity contribution in [3.63, 3.8) is 0 Å². The van der Waals surface area contributed by atoms with Crippen molar-refractivity contribution in [3.05, 3.63) is 131 Å². The molecule has 0 spiro atoms. The standard InChI is InChI=1S/C19H19N2.C19H21N2/c1-12-11-13(2)17-15-7-5-6-8-16(15)21-10-9-20(4)19(21)18(17)14(12)3;1-14-12-15(2)16(3)18(13-14)19-20(4)10-11-21(19)17-8-6-5-7-9-17/h5-11H,1-4H3;5-13H,1-4H3/q2*+1. The average molecular weight is 553 g/mol. The van der Waals surface area contributed by atoms with Crippen molar-refractivity contribution in [1.82, 2.24) is 8.97 Å². The molecule has 0 N–H and O–H groups in total. The Labute approximate surface area is 248 Å². The number of imidazole rings is 2. The van der Waals surface area contributed by atoms with Crippen molar-refractivity contribution in [2.45, 2.75) is 41.5 Å². The van der Waals surface area contributed by atoms with Gasteiger partial charge >= 0.3 is 0 Å². The number of aromatic nitrogens is 4. The zero-order valence-electron chi connectivity index (χ0n) is 26.0. The summed E-state index contributed by atoms with van der Waals surface area (Å²) in [6.45, 7) is 13.2. The number of nitrogens with zero attached hydrogens (tertiary/aromatic N) is 4. The van der Waals surface area contributed by atoms with E-state index in [4.69, 9.17) is 0 Å². The third-order valence-corrected chi connectivity index (χ3v) is 8.79. The SMILES string of the molecule is Cc1cc(C)c(C)c(-c2n(-c3ccccc3)cc[n+]2C)c1.Cc1cc(C)c2c3ccccc3n3cc[n+](C)c3c2c1C. The number of fused-ring (bicyclic) bond motifs is 6. The number of hydrogen-bond acceptors (Lipinski definition) is 0. The molecule has 4 nitrogen and oxygen atoms in total. The largest absolute Gasteiger partial charge is 0.294 e. The van der Waals surface area contributed by atoms with Crippen LogP contribution in [0, 0.1) is 41.5 Å². The van der Waals surface area contributed by atoms with E-state index in [1.165, 1.54) is 77.8 Å².